The van der Waals surface area contributed by atoms with E-state index in [9.17, 15) is 0 Å². The molecule has 0 aromatic carbocycles. The second-order valence-corrected chi connectivity index (χ2v) is 39.3. The lowest BCUT2D eigenvalue weighted by atomic mass is 9.93. The summed E-state index contributed by atoms with van der Waals surface area (Å²) in [5, 5.41) is 12.6. The van der Waals surface area contributed by atoms with Gasteiger partial charge in [-0.1, -0.05) is 166 Å². The van der Waals surface area contributed by atoms with Gasteiger partial charge in [0, 0.05) is 124 Å². The van der Waals surface area contributed by atoms with Gasteiger partial charge >= 0.3 is 0 Å². The number of nitrogens with zero attached hydrogens (tertiary/aromatic N) is 30. The Bertz CT molecular complexity index is 5240. The molecule has 30 heteroatoms. The molecular formula is C96H130N30. The van der Waals surface area contributed by atoms with E-state index >= 15 is 0 Å². The number of hydrogen-bond donors (Lipinski definition) is 0. The molecule has 664 valence electrons. The Kier molecular flexibility index (Phi) is 32.0. The molecule has 1 saturated heterocycles. The molecule has 30 nitrogen and oxygen atoms in total. The van der Waals surface area contributed by atoms with E-state index in [1.165, 1.54) is 19.3 Å². The van der Waals surface area contributed by atoms with Crippen molar-refractivity contribution in [2.24, 2.45) is 0 Å². The highest BCUT2D eigenvalue weighted by Gasteiger charge is 2.25. The van der Waals surface area contributed by atoms with E-state index in [0.717, 1.165) is 121 Å². The van der Waals surface area contributed by atoms with Crippen LogP contribution in [0.3, 0.4) is 0 Å². The number of aryl methyl sites for hydroxylation is 4. The van der Waals surface area contributed by atoms with E-state index in [-0.39, 0.29) is 43.3 Å². The van der Waals surface area contributed by atoms with Crippen LogP contribution in [0, 0.1) is 27.7 Å². The predicted molar refractivity (Wildman–Crippen MR) is 498 cm³/mol. The van der Waals surface area contributed by atoms with Gasteiger partial charge in [-0.25, -0.2) is 68.9 Å². The molecule has 0 aliphatic carbocycles. The van der Waals surface area contributed by atoms with Crippen LogP contribution in [-0.2, 0) is 43.3 Å². The van der Waals surface area contributed by atoms with E-state index in [2.05, 4.69) is 288 Å². The molecule has 1 unspecified atom stereocenters. The van der Waals surface area contributed by atoms with Crippen LogP contribution in [0.1, 0.15) is 261 Å². The summed E-state index contributed by atoms with van der Waals surface area (Å²) in [6.07, 6.45) is 58.6. The molecule has 0 radical (unpaired) electrons. The van der Waals surface area contributed by atoms with Crippen LogP contribution in [0.15, 0.2) is 210 Å². The largest absolute Gasteiger partial charge is 0.353 e. The first-order valence-corrected chi connectivity index (χ1v) is 42.6. The zero-order valence-corrected chi connectivity index (χ0v) is 79.5. The van der Waals surface area contributed by atoms with E-state index in [1.54, 1.807) is 101 Å². The third-order valence-corrected chi connectivity index (χ3v) is 19.7. The second kappa shape index (κ2) is 41.6. The molecule has 1 fully saturated rings. The predicted octanol–water partition coefficient (Wildman–Crippen LogP) is 18.7. The molecule has 15 aromatic heterocycles. The lowest BCUT2D eigenvalue weighted by Gasteiger charge is -2.34. The maximum absolute atomic E-state index is 4.58. The van der Waals surface area contributed by atoms with E-state index in [0.29, 0.717) is 6.04 Å². The Morgan fingerprint density at radius 3 is 0.992 bits per heavy atom. The Labute approximate surface area is 744 Å². The van der Waals surface area contributed by atoms with Crippen molar-refractivity contribution in [3.63, 3.8) is 0 Å². The Morgan fingerprint density at radius 2 is 0.675 bits per heavy atom. The molecule has 1 aliphatic rings. The zero-order valence-electron chi connectivity index (χ0n) is 79.5. The summed E-state index contributed by atoms with van der Waals surface area (Å²) in [4.78, 5) is 85.3. The van der Waals surface area contributed by atoms with Gasteiger partial charge in [-0.15, -0.1) is 0 Å². The van der Waals surface area contributed by atoms with Crippen molar-refractivity contribution < 1.29 is 0 Å². The first-order valence-electron chi connectivity index (χ1n) is 42.6. The van der Waals surface area contributed by atoms with Crippen molar-refractivity contribution in [2.45, 2.75) is 269 Å². The van der Waals surface area contributed by atoms with E-state index in [1.807, 2.05) is 169 Å². The molecule has 0 N–H and O–H groups in total. The molecule has 15 aromatic rings. The molecule has 16 rings (SSSR count). The van der Waals surface area contributed by atoms with E-state index in [4.69, 9.17) is 0 Å². The average molecular weight is 1700 g/mol. The highest BCUT2D eigenvalue weighted by atomic mass is 15.3. The minimum atomic E-state index is 0.0333. The van der Waals surface area contributed by atoms with Gasteiger partial charge < -0.3 is 9.47 Å². The minimum absolute atomic E-state index is 0.0333. The monoisotopic (exact) mass is 1700 g/mol. The van der Waals surface area contributed by atoms with Crippen LogP contribution < -0.4 is 4.90 Å². The summed E-state index contributed by atoms with van der Waals surface area (Å²) in [5.74, 6) is 7.45. The molecular weight excluding hydrogens is 1570 g/mol. The molecule has 0 spiro atoms. The maximum Gasteiger partial charge on any atom is 0.171 e. The van der Waals surface area contributed by atoms with Crippen molar-refractivity contribution in [2.75, 3.05) is 11.4 Å². The van der Waals surface area contributed by atoms with Crippen LogP contribution >= 0.6 is 0 Å². The van der Waals surface area contributed by atoms with Crippen molar-refractivity contribution >= 4 is 5.82 Å². The van der Waals surface area contributed by atoms with Crippen LogP contribution in [-0.4, -0.2) is 155 Å². The number of hydrogen-bond acceptors (Lipinski definition) is 23. The number of anilines is 1. The number of imidazole rings is 3. The third-order valence-electron chi connectivity index (χ3n) is 19.7. The van der Waals surface area contributed by atoms with Crippen molar-refractivity contribution in [1.82, 2.24) is 142 Å². The summed E-state index contributed by atoms with van der Waals surface area (Å²) >= 11 is 0. The molecule has 0 amide bonds. The van der Waals surface area contributed by atoms with Gasteiger partial charge in [-0.3, -0.25) is 53.6 Å². The van der Waals surface area contributed by atoms with Gasteiger partial charge in [0.05, 0.1) is 162 Å². The molecule has 0 saturated carbocycles. The molecule has 1 aliphatic heterocycles. The maximum atomic E-state index is 4.58. The lowest BCUT2D eigenvalue weighted by Crippen LogP contribution is -2.38. The fraction of sp³-hybridized carbons (Fsp3) is 0.438. The van der Waals surface area contributed by atoms with Crippen LogP contribution in [0.2, 0.25) is 0 Å². The van der Waals surface area contributed by atoms with Gasteiger partial charge in [0.15, 0.2) is 40.7 Å². The van der Waals surface area contributed by atoms with Gasteiger partial charge in [-0.05, 0) is 83.7 Å². The topological polar surface area (TPSA) is 321 Å². The Hall–Kier alpha value is -13.0. The highest BCUT2D eigenvalue weighted by molar-refractivity contribution is 5.39. The molecule has 16 heterocycles. The van der Waals surface area contributed by atoms with Crippen LogP contribution in [0.4, 0.5) is 5.82 Å². The fourth-order valence-corrected chi connectivity index (χ4v) is 11.7. The summed E-state index contributed by atoms with van der Waals surface area (Å²) in [6.45, 7) is 62.3. The summed E-state index contributed by atoms with van der Waals surface area (Å²) in [5.41, 5.74) is 11.4. The number of rotatable bonds is 8. The Morgan fingerprint density at radius 1 is 0.286 bits per heavy atom. The minimum Gasteiger partial charge on any atom is -0.353 e. The van der Waals surface area contributed by atoms with Crippen molar-refractivity contribution in [3.05, 3.63) is 279 Å². The lowest BCUT2D eigenvalue weighted by molar-refractivity contribution is 0.479. The fourth-order valence-electron chi connectivity index (χ4n) is 11.7. The van der Waals surface area contributed by atoms with Gasteiger partial charge in [0.25, 0.3) is 0 Å². The highest BCUT2D eigenvalue weighted by Crippen LogP contribution is 2.28. The second-order valence-electron chi connectivity index (χ2n) is 39.3. The van der Waals surface area contributed by atoms with Gasteiger partial charge in [0.1, 0.15) is 24.3 Å². The average Bonchev–Trinajstić information content (AvgIpc) is 1.47. The normalized spacial score (nSPS) is 13.1. The van der Waals surface area contributed by atoms with Gasteiger partial charge in [0.2, 0.25) is 0 Å². The summed E-state index contributed by atoms with van der Waals surface area (Å²) < 4.78 is 12.7. The number of piperidine rings is 1. The van der Waals surface area contributed by atoms with Crippen molar-refractivity contribution in [3.8, 4) is 40.7 Å². The third kappa shape index (κ3) is 28.8. The molecule has 1 atom stereocenters. The zero-order chi connectivity index (χ0) is 92.2. The Balaban J connectivity index is 0.000000163. The van der Waals surface area contributed by atoms with Crippen LogP contribution in [0.5, 0.6) is 0 Å². The quantitative estimate of drug-likeness (QED) is 0.136. The standard InChI is InChI=1S/C14H23N3.4C12H16N4.C12H15N3.2C11H14N4/c1-11-7-5-6-8-17(11)13-10-15-12(9-16-13)14(2,3)4;1-9-7-16(8-15-9)11-6-13-10(5-14-11)12(2,3)4;1-9-5-15-16(8-9)11-7-13-10(6-14-11)12(2,3)4;1-9-13-5-6-16(9)11-8-14-10(7-15-11)12(2,3)4;1-9-5-6-16(15-9)11-8-13-10(7-14-11)12(2,3)4;1-12(2,3)10-8-14-11(9-13-10)15-6-4-5-7-15;1-11(2,3)9-6-14-10(7-13-9)15-5-4-12-8-15;1-11(2,3)9-7-13-10(8-12-9)15-6-4-5-14-15/h9-11H,5-8H2,1-4H3;4*5-8H,1-4H3;4-9H,1-3H3;2*4-8H,1-3H3. The first-order chi connectivity index (χ1) is 59.1. The first kappa shape index (κ1) is 96.8. The summed E-state index contributed by atoms with van der Waals surface area (Å²) in [6, 6.07) is 8.34. The van der Waals surface area contributed by atoms with Crippen molar-refractivity contribution in [1.29, 1.82) is 0 Å². The van der Waals surface area contributed by atoms with E-state index < -0.39 is 0 Å². The van der Waals surface area contributed by atoms with Crippen LogP contribution in [0.25, 0.3) is 40.7 Å². The molecule has 126 heavy (non-hydrogen) atoms. The molecule has 0 bridgehead atoms. The van der Waals surface area contributed by atoms with Gasteiger partial charge in [-0.2, -0.15) is 15.3 Å². The number of aromatic nitrogens is 29. The summed E-state index contributed by atoms with van der Waals surface area (Å²) in [7, 11) is 0. The SMILES string of the molecule is CC(C)(C)c1cnc(-n2cccc2)cn1.CC(C)(C)c1cnc(-n2cccn2)cn1.CC(C)(C)c1cnc(-n2ccnc2)cn1.CC1CCCCN1c1cnc(C(C)(C)C)cn1.Cc1ccn(-c2cnc(C(C)(C)C)cn2)n1.Cc1cn(-c2cnc(C(C)(C)C)cn2)cn1.Cc1cnn(-c2cnc(C(C)(C)C)cn2)c1.Cc1nccn1-c1cnc(C(C)(C)C)cn1. The smallest absolute Gasteiger partial charge is 0.171 e.